The van der Waals surface area contributed by atoms with E-state index in [-0.39, 0.29) is 0 Å². The number of hydrogen-bond acceptors (Lipinski definition) is 2. The Morgan fingerprint density at radius 1 is 0.880 bits per heavy atom. The maximum absolute atomic E-state index is 5.24. The van der Waals surface area contributed by atoms with E-state index in [9.17, 15) is 0 Å². The number of aromatic amines is 1. The van der Waals surface area contributed by atoms with Gasteiger partial charge in [-0.1, -0.05) is 54.6 Å². The van der Waals surface area contributed by atoms with E-state index >= 15 is 0 Å². The van der Waals surface area contributed by atoms with Crippen molar-refractivity contribution in [3.63, 3.8) is 0 Å². The topological polar surface area (TPSA) is 37.9 Å². The van der Waals surface area contributed by atoms with Gasteiger partial charge in [0.2, 0.25) is 0 Å². The standard InChI is InChI=1S/C22H18N2O/c1-25-18-13-11-16(12-14-18)15-19(17-7-3-2-4-8-17)22-23-20-9-5-6-10-21(20)24-22/h2-15H,1H3,(H,23,24). The molecule has 0 aliphatic carbocycles. The lowest BCUT2D eigenvalue weighted by atomic mass is 10.0. The van der Waals surface area contributed by atoms with E-state index in [4.69, 9.17) is 9.72 Å². The van der Waals surface area contributed by atoms with Crippen LogP contribution in [0.3, 0.4) is 0 Å². The van der Waals surface area contributed by atoms with Crippen molar-refractivity contribution in [3.8, 4) is 5.75 Å². The number of imidazole rings is 1. The molecule has 0 radical (unpaired) electrons. The van der Waals surface area contributed by atoms with Crippen molar-refractivity contribution >= 4 is 22.7 Å². The lowest BCUT2D eigenvalue weighted by Crippen LogP contribution is -1.91. The summed E-state index contributed by atoms with van der Waals surface area (Å²) in [5.41, 5.74) is 5.28. The Morgan fingerprint density at radius 2 is 1.60 bits per heavy atom. The zero-order valence-electron chi connectivity index (χ0n) is 13.9. The highest BCUT2D eigenvalue weighted by Gasteiger charge is 2.10. The van der Waals surface area contributed by atoms with Gasteiger partial charge in [-0.15, -0.1) is 0 Å². The molecule has 3 aromatic carbocycles. The van der Waals surface area contributed by atoms with Gasteiger partial charge in [-0.2, -0.15) is 0 Å². The van der Waals surface area contributed by atoms with Crippen LogP contribution in [0.25, 0.3) is 22.7 Å². The normalized spacial score (nSPS) is 11.6. The highest BCUT2D eigenvalue weighted by molar-refractivity contribution is 5.91. The molecular formula is C22H18N2O. The van der Waals surface area contributed by atoms with Crippen LogP contribution in [-0.2, 0) is 0 Å². The molecule has 0 saturated carbocycles. The number of fused-ring (bicyclic) bond motifs is 1. The van der Waals surface area contributed by atoms with Crippen molar-refractivity contribution in [3.05, 3.63) is 95.8 Å². The zero-order valence-corrected chi connectivity index (χ0v) is 13.9. The molecule has 122 valence electrons. The van der Waals surface area contributed by atoms with Gasteiger partial charge in [-0.05, 0) is 41.5 Å². The van der Waals surface area contributed by atoms with Crippen LogP contribution < -0.4 is 4.74 Å². The summed E-state index contributed by atoms with van der Waals surface area (Å²) in [6.45, 7) is 0. The largest absolute Gasteiger partial charge is 0.497 e. The Kier molecular flexibility index (Phi) is 4.05. The fraction of sp³-hybridized carbons (Fsp3) is 0.0455. The first-order valence-electron chi connectivity index (χ1n) is 8.20. The maximum atomic E-state index is 5.24. The fourth-order valence-electron chi connectivity index (χ4n) is 2.85. The van der Waals surface area contributed by atoms with Crippen molar-refractivity contribution < 1.29 is 4.74 Å². The molecule has 0 bridgehead atoms. The Hall–Kier alpha value is -3.33. The number of benzene rings is 3. The molecular weight excluding hydrogens is 308 g/mol. The summed E-state index contributed by atoms with van der Waals surface area (Å²) >= 11 is 0. The number of para-hydroxylation sites is 2. The van der Waals surface area contributed by atoms with Gasteiger partial charge in [-0.25, -0.2) is 4.98 Å². The number of nitrogens with zero attached hydrogens (tertiary/aromatic N) is 1. The van der Waals surface area contributed by atoms with Gasteiger partial charge in [-0.3, -0.25) is 0 Å². The molecule has 0 aliphatic heterocycles. The van der Waals surface area contributed by atoms with Crippen LogP contribution in [0.5, 0.6) is 5.75 Å². The predicted molar refractivity (Wildman–Crippen MR) is 103 cm³/mol. The Balaban J connectivity index is 1.85. The first kappa shape index (κ1) is 15.2. The second-order valence-corrected chi connectivity index (χ2v) is 5.80. The van der Waals surface area contributed by atoms with E-state index in [0.717, 1.165) is 39.3 Å². The van der Waals surface area contributed by atoms with Crippen LogP contribution >= 0.6 is 0 Å². The van der Waals surface area contributed by atoms with Crippen LogP contribution in [0.2, 0.25) is 0 Å². The molecule has 4 rings (SSSR count). The molecule has 4 aromatic rings. The fourth-order valence-corrected chi connectivity index (χ4v) is 2.85. The minimum absolute atomic E-state index is 0.849. The monoisotopic (exact) mass is 326 g/mol. The van der Waals surface area contributed by atoms with E-state index < -0.39 is 0 Å². The summed E-state index contributed by atoms with van der Waals surface area (Å²) in [5.74, 6) is 1.71. The van der Waals surface area contributed by atoms with Crippen molar-refractivity contribution in [2.24, 2.45) is 0 Å². The molecule has 0 atom stereocenters. The van der Waals surface area contributed by atoms with Gasteiger partial charge in [0.25, 0.3) is 0 Å². The summed E-state index contributed by atoms with van der Waals surface area (Å²) in [5, 5.41) is 0. The van der Waals surface area contributed by atoms with Gasteiger partial charge < -0.3 is 9.72 Å². The molecule has 1 N–H and O–H groups in total. The van der Waals surface area contributed by atoms with Crippen molar-refractivity contribution in [1.82, 2.24) is 9.97 Å². The minimum atomic E-state index is 0.849. The average molecular weight is 326 g/mol. The molecule has 1 aromatic heterocycles. The average Bonchev–Trinajstić information content (AvgIpc) is 3.11. The van der Waals surface area contributed by atoms with E-state index in [2.05, 4.69) is 23.2 Å². The number of ether oxygens (including phenoxy) is 1. The van der Waals surface area contributed by atoms with E-state index in [1.807, 2.05) is 66.7 Å². The van der Waals surface area contributed by atoms with Crippen LogP contribution in [0.4, 0.5) is 0 Å². The number of methoxy groups -OCH3 is 1. The maximum Gasteiger partial charge on any atom is 0.139 e. The van der Waals surface area contributed by atoms with E-state index in [1.165, 1.54) is 0 Å². The van der Waals surface area contributed by atoms with Gasteiger partial charge >= 0.3 is 0 Å². The highest BCUT2D eigenvalue weighted by atomic mass is 16.5. The quantitative estimate of drug-likeness (QED) is 0.526. The molecule has 0 saturated heterocycles. The third-order valence-corrected chi connectivity index (χ3v) is 4.16. The number of rotatable bonds is 4. The minimum Gasteiger partial charge on any atom is -0.497 e. The summed E-state index contributed by atoms with van der Waals surface area (Å²) < 4.78 is 5.24. The second-order valence-electron chi connectivity index (χ2n) is 5.80. The molecule has 3 heteroatoms. The van der Waals surface area contributed by atoms with Gasteiger partial charge in [0, 0.05) is 5.57 Å². The molecule has 0 aliphatic rings. The summed E-state index contributed by atoms with van der Waals surface area (Å²) in [6.07, 6.45) is 2.15. The molecule has 25 heavy (non-hydrogen) atoms. The number of H-pyrrole nitrogens is 1. The summed E-state index contributed by atoms with van der Waals surface area (Å²) in [4.78, 5) is 8.20. The van der Waals surface area contributed by atoms with E-state index in [0.29, 0.717) is 0 Å². The van der Waals surface area contributed by atoms with Gasteiger partial charge in [0.1, 0.15) is 11.6 Å². The lowest BCUT2D eigenvalue weighted by molar-refractivity contribution is 0.415. The Bertz CT molecular complexity index is 982. The third kappa shape index (κ3) is 3.17. The van der Waals surface area contributed by atoms with Crippen LogP contribution in [0.15, 0.2) is 78.9 Å². The van der Waals surface area contributed by atoms with E-state index in [1.54, 1.807) is 7.11 Å². The first-order valence-corrected chi connectivity index (χ1v) is 8.20. The lowest BCUT2D eigenvalue weighted by Gasteiger charge is -2.06. The number of aromatic nitrogens is 2. The molecule has 1 heterocycles. The predicted octanol–water partition coefficient (Wildman–Crippen LogP) is 5.16. The zero-order chi connectivity index (χ0) is 17.1. The molecule has 0 amide bonds. The molecule has 0 spiro atoms. The molecule has 0 fully saturated rings. The molecule has 3 nitrogen and oxygen atoms in total. The first-order chi connectivity index (χ1) is 12.3. The summed E-state index contributed by atoms with van der Waals surface area (Å²) in [6, 6.07) is 26.4. The van der Waals surface area contributed by atoms with Crippen molar-refractivity contribution in [2.45, 2.75) is 0 Å². The SMILES string of the molecule is COc1ccc(C=C(c2ccccc2)c2nc3ccccc3[nH]2)cc1. The highest BCUT2D eigenvalue weighted by Crippen LogP contribution is 2.26. The Labute approximate surface area is 146 Å². The van der Waals surface area contributed by atoms with Crippen LogP contribution in [-0.4, -0.2) is 17.1 Å². The van der Waals surface area contributed by atoms with Crippen LogP contribution in [0.1, 0.15) is 17.0 Å². The summed E-state index contributed by atoms with van der Waals surface area (Å²) in [7, 11) is 1.68. The Morgan fingerprint density at radius 3 is 2.32 bits per heavy atom. The number of nitrogens with one attached hydrogen (secondary N) is 1. The molecule has 0 unspecified atom stereocenters. The third-order valence-electron chi connectivity index (χ3n) is 4.16. The van der Waals surface area contributed by atoms with Gasteiger partial charge in [0.15, 0.2) is 0 Å². The smallest absolute Gasteiger partial charge is 0.139 e. The number of hydrogen-bond donors (Lipinski definition) is 1. The van der Waals surface area contributed by atoms with Crippen molar-refractivity contribution in [1.29, 1.82) is 0 Å². The van der Waals surface area contributed by atoms with Crippen molar-refractivity contribution in [2.75, 3.05) is 7.11 Å². The van der Waals surface area contributed by atoms with Crippen LogP contribution in [0, 0.1) is 0 Å². The second kappa shape index (κ2) is 6.65. The van der Waals surface area contributed by atoms with Gasteiger partial charge in [0.05, 0.1) is 18.1 Å².